The van der Waals surface area contributed by atoms with Gasteiger partial charge in [-0.25, -0.2) is 4.90 Å². The van der Waals surface area contributed by atoms with E-state index in [0.717, 1.165) is 17.7 Å². The smallest absolute Gasteiger partial charge is 0.257 e. The molecule has 2 saturated heterocycles. The first-order valence-electron chi connectivity index (χ1n) is 12.0. The van der Waals surface area contributed by atoms with Gasteiger partial charge in [0.15, 0.2) is 0 Å². The van der Waals surface area contributed by atoms with E-state index in [4.69, 9.17) is 16.3 Å². The molecule has 180 valence electrons. The third kappa shape index (κ3) is 3.65. The highest BCUT2D eigenvalue weighted by molar-refractivity contribution is 6.31. The maximum absolute atomic E-state index is 13.5. The van der Waals surface area contributed by atoms with Crippen molar-refractivity contribution in [2.75, 3.05) is 41.4 Å². The van der Waals surface area contributed by atoms with Gasteiger partial charge in [0.1, 0.15) is 0 Å². The Hall–Kier alpha value is -3.16. The number of hydrogen-bond acceptors (Lipinski definition) is 5. The van der Waals surface area contributed by atoms with Crippen LogP contribution in [0.4, 0.5) is 17.1 Å². The van der Waals surface area contributed by atoms with Crippen LogP contribution in [0, 0.1) is 30.6 Å². The van der Waals surface area contributed by atoms with Crippen LogP contribution in [-0.4, -0.2) is 44.0 Å². The zero-order valence-electron chi connectivity index (χ0n) is 19.4. The van der Waals surface area contributed by atoms with Gasteiger partial charge in [0.25, 0.3) is 5.91 Å². The number of allylic oxidation sites excluding steroid dienone is 2. The molecule has 2 aromatic rings. The minimum atomic E-state index is -0.325. The number of ether oxygens (including phenoxy) is 1. The summed E-state index contributed by atoms with van der Waals surface area (Å²) >= 11 is 6.25. The molecular formula is C27H26ClN3O4. The van der Waals surface area contributed by atoms with Crippen LogP contribution in [0.15, 0.2) is 48.6 Å². The van der Waals surface area contributed by atoms with Gasteiger partial charge in [-0.05, 0) is 61.1 Å². The Labute approximate surface area is 208 Å². The van der Waals surface area contributed by atoms with Crippen molar-refractivity contribution < 1.29 is 19.1 Å². The number of carbonyl (C=O) groups excluding carboxylic acids is 3. The molecule has 0 aromatic heterocycles. The Bertz CT molecular complexity index is 1240. The van der Waals surface area contributed by atoms with Gasteiger partial charge in [0.05, 0.1) is 36.3 Å². The molecule has 0 radical (unpaired) electrons. The van der Waals surface area contributed by atoms with E-state index in [1.807, 2.05) is 19.1 Å². The van der Waals surface area contributed by atoms with Crippen molar-refractivity contribution in [2.45, 2.75) is 13.3 Å². The number of rotatable bonds is 4. The number of imide groups is 1. The summed E-state index contributed by atoms with van der Waals surface area (Å²) in [4.78, 5) is 43.6. The van der Waals surface area contributed by atoms with E-state index in [0.29, 0.717) is 48.3 Å². The van der Waals surface area contributed by atoms with E-state index in [-0.39, 0.29) is 41.4 Å². The Kier molecular flexibility index (Phi) is 5.42. The number of aryl methyl sites for hydroxylation is 1. The van der Waals surface area contributed by atoms with E-state index in [1.165, 1.54) is 4.90 Å². The molecular weight excluding hydrogens is 466 g/mol. The van der Waals surface area contributed by atoms with E-state index >= 15 is 0 Å². The molecule has 3 fully saturated rings. The minimum Gasteiger partial charge on any atom is -0.378 e. The molecule has 7 nitrogen and oxygen atoms in total. The largest absolute Gasteiger partial charge is 0.378 e. The zero-order valence-corrected chi connectivity index (χ0v) is 20.1. The molecule has 35 heavy (non-hydrogen) atoms. The third-order valence-electron chi connectivity index (χ3n) is 7.73. The van der Waals surface area contributed by atoms with E-state index < -0.39 is 0 Å². The highest BCUT2D eigenvalue weighted by Gasteiger charge is 2.59. The molecule has 1 N–H and O–H groups in total. The zero-order chi connectivity index (χ0) is 24.3. The number of nitrogens with zero attached hydrogens (tertiary/aromatic N) is 2. The van der Waals surface area contributed by atoms with Gasteiger partial charge in [-0.15, -0.1) is 0 Å². The Balaban J connectivity index is 1.36. The van der Waals surface area contributed by atoms with Gasteiger partial charge in [0.2, 0.25) is 11.8 Å². The van der Waals surface area contributed by atoms with Crippen LogP contribution in [0.25, 0.3) is 0 Å². The summed E-state index contributed by atoms with van der Waals surface area (Å²) in [6.07, 6.45) is 5.03. The first kappa shape index (κ1) is 22.3. The van der Waals surface area contributed by atoms with Crippen molar-refractivity contribution in [1.82, 2.24) is 0 Å². The van der Waals surface area contributed by atoms with Gasteiger partial charge in [-0.1, -0.05) is 29.8 Å². The standard InChI is InChI=1S/C27H26ClN3O4/c1-15-2-5-18(13-21(15)28)29-25(32)20-14-19(6-7-22(20)30-8-10-35-11-9-30)31-26(33)23-16-3-4-17(12-16)24(23)27(31)34/h2-7,13-14,16-17,23-24H,8-12H2,1H3,(H,29,32)/t16-,17-,23+,24+/m0/s1. The maximum Gasteiger partial charge on any atom is 0.257 e. The molecule has 4 atom stereocenters. The number of carbonyl (C=O) groups is 3. The predicted molar refractivity (Wildman–Crippen MR) is 134 cm³/mol. The summed E-state index contributed by atoms with van der Waals surface area (Å²) in [6.45, 7) is 4.33. The highest BCUT2D eigenvalue weighted by Crippen LogP contribution is 2.53. The Morgan fingerprint density at radius 3 is 2.34 bits per heavy atom. The second kappa shape index (κ2) is 8.50. The van der Waals surface area contributed by atoms with E-state index in [1.54, 1.807) is 24.3 Å². The van der Waals surface area contributed by atoms with Crippen molar-refractivity contribution in [1.29, 1.82) is 0 Å². The molecule has 1 saturated carbocycles. The second-order valence-corrected chi connectivity index (χ2v) is 10.1. The quantitative estimate of drug-likeness (QED) is 0.515. The molecule has 3 amide bonds. The van der Waals surface area contributed by atoms with Crippen LogP contribution in [0.5, 0.6) is 0 Å². The number of halogens is 1. The second-order valence-electron chi connectivity index (χ2n) is 9.73. The van der Waals surface area contributed by atoms with Gasteiger partial charge in [-0.2, -0.15) is 0 Å². The van der Waals surface area contributed by atoms with E-state index in [9.17, 15) is 14.4 Å². The fourth-order valence-electron chi connectivity index (χ4n) is 5.95. The summed E-state index contributed by atoms with van der Waals surface area (Å²) in [5.41, 5.74) is 3.08. The number of amides is 3. The topological polar surface area (TPSA) is 79.0 Å². The molecule has 2 heterocycles. The molecule has 2 aliphatic heterocycles. The summed E-state index contributed by atoms with van der Waals surface area (Å²) in [6, 6.07) is 10.6. The average molecular weight is 492 g/mol. The van der Waals surface area contributed by atoms with Gasteiger partial charge in [0, 0.05) is 29.5 Å². The predicted octanol–water partition coefficient (Wildman–Crippen LogP) is 4.05. The lowest BCUT2D eigenvalue weighted by Gasteiger charge is -2.31. The number of nitrogens with one attached hydrogen (secondary N) is 1. The SMILES string of the molecule is Cc1ccc(NC(=O)c2cc(N3C(=O)[C@H]4[C@H](C3=O)[C@H]3C=C[C@H]4C3)ccc2N2CCOCC2)cc1Cl. The first-order valence-corrected chi connectivity index (χ1v) is 12.4. The maximum atomic E-state index is 13.5. The molecule has 6 rings (SSSR count). The summed E-state index contributed by atoms with van der Waals surface area (Å²) in [7, 11) is 0. The number of anilines is 3. The molecule has 2 aliphatic carbocycles. The first-order chi connectivity index (χ1) is 16.9. The van der Waals surface area contributed by atoms with Crippen LogP contribution in [-0.2, 0) is 14.3 Å². The van der Waals surface area contributed by atoms with Crippen molar-refractivity contribution in [2.24, 2.45) is 23.7 Å². The van der Waals surface area contributed by atoms with E-state index in [2.05, 4.69) is 22.4 Å². The monoisotopic (exact) mass is 491 g/mol. The fourth-order valence-corrected chi connectivity index (χ4v) is 6.13. The summed E-state index contributed by atoms with van der Waals surface area (Å²) in [5.74, 6) is -0.956. The summed E-state index contributed by atoms with van der Waals surface area (Å²) in [5, 5.41) is 3.49. The minimum absolute atomic E-state index is 0.133. The molecule has 0 unspecified atom stereocenters. The highest BCUT2D eigenvalue weighted by atomic mass is 35.5. The summed E-state index contributed by atoms with van der Waals surface area (Å²) < 4.78 is 5.48. The van der Waals surface area contributed by atoms with Crippen LogP contribution < -0.4 is 15.1 Å². The number of fused-ring (bicyclic) bond motifs is 5. The molecule has 0 spiro atoms. The van der Waals surface area contributed by atoms with Crippen molar-refractivity contribution in [3.05, 3.63) is 64.7 Å². The van der Waals surface area contributed by atoms with Crippen LogP contribution in [0.1, 0.15) is 22.3 Å². The van der Waals surface area contributed by atoms with Gasteiger partial charge in [-0.3, -0.25) is 14.4 Å². The van der Waals surface area contributed by atoms with Gasteiger partial charge >= 0.3 is 0 Å². The van der Waals surface area contributed by atoms with Crippen LogP contribution in [0.2, 0.25) is 5.02 Å². The van der Waals surface area contributed by atoms with Crippen molar-refractivity contribution >= 4 is 46.4 Å². The lowest BCUT2D eigenvalue weighted by molar-refractivity contribution is -0.123. The number of benzene rings is 2. The number of hydrogen-bond donors (Lipinski definition) is 1. The normalized spacial score (nSPS) is 27.0. The van der Waals surface area contributed by atoms with Crippen LogP contribution >= 0.6 is 11.6 Å². The Morgan fingerprint density at radius 2 is 1.69 bits per heavy atom. The number of morpholine rings is 1. The van der Waals surface area contributed by atoms with Gasteiger partial charge < -0.3 is 15.0 Å². The van der Waals surface area contributed by atoms with Crippen LogP contribution in [0.3, 0.4) is 0 Å². The molecule has 2 aromatic carbocycles. The lowest BCUT2D eigenvalue weighted by Crippen LogP contribution is -2.38. The third-order valence-corrected chi connectivity index (χ3v) is 8.14. The molecule has 4 aliphatic rings. The lowest BCUT2D eigenvalue weighted by atomic mass is 9.85. The van der Waals surface area contributed by atoms with Crippen molar-refractivity contribution in [3.8, 4) is 0 Å². The molecule has 8 heteroatoms. The average Bonchev–Trinajstić information content (AvgIpc) is 3.55. The van der Waals surface area contributed by atoms with Crippen molar-refractivity contribution in [3.63, 3.8) is 0 Å². The Morgan fingerprint density at radius 1 is 1.00 bits per heavy atom. The molecule has 2 bridgehead atoms. The fraction of sp³-hybridized carbons (Fsp3) is 0.370.